The number of carbonyl (C=O) groups is 1. The Morgan fingerprint density at radius 3 is 2.75 bits per heavy atom. The lowest BCUT2D eigenvalue weighted by molar-refractivity contribution is -0.384. The minimum absolute atomic E-state index is 0.0593. The molecule has 0 fully saturated rings. The van der Waals surface area contributed by atoms with E-state index >= 15 is 0 Å². The molecule has 0 bridgehead atoms. The largest absolute Gasteiger partial charge is 0.494 e. The number of nitro groups is 1. The Bertz CT molecular complexity index is 491. The van der Waals surface area contributed by atoms with Crippen molar-refractivity contribution in [3.05, 3.63) is 28.3 Å². The maximum absolute atomic E-state index is 11.8. The average Bonchev–Trinajstić information content (AvgIpc) is 2.38. The van der Waals surface area contributed by atoms with Crippen molar-refractivity contribution in [2.24, 2.45) is 0 Å². The number of carbonyl (C=O) groups excluding carboxylic acids is 1. The van der Waals surface area contributed by atoms with Gasteiger partial charge in [-0.3, -0.25) is 14.9 Å². The highest BCUT2D eigenvalue weighted by molar-refractivity contribution is 5.92. The summed E-state index contributed by atoms with van der Waals surface area (Å²) >= 11 is 0. The van der Waals surface area contributed by atoms with Gasteiger partial charge in [0.2, 0.25) is 5.91 Å². The van der Waals surface area contributed by atoms with Crippen LogP contribution in [0.1, 0.15) is 20.3 Å². The van der Waals surface area contributed by atoms with Crippen LogP contribution in [0.5, 0.6) is 5.75 Å². The fourth-order valence-electron chi connectivity index (χ4n) is 1.80. The number of hydrogen-bond donors (Lipinski definition) is 2. The summed E-state index contributed by atoms with van der Waals surface area (Å²) in [4.78, 5) is 22.0. The van der Waals surface area contributed by atoms with Crippen LogP contribution in [0.25, 0.3) is 0 Å². The Morgan fingerprint density at radius 2 is 2.20 bits per heavy atom. The molecule has 0 aliphatic rings. The second kappa shape index (κ2) is 7.44. The third kappa shape index (κ3) is 4.51. The molecule has 0 aromatic heterocycles. The van der Waals surface area contributed by atoms with Crippen molar-refractivity contribution in [1.29, 1.82) is 0 Å². The second-order valence-corrected chi connectivity index (χ2v) is 4.35. The number of ether oxygens (including phenoxy) is 1. The van der Waals surface area contributed by atoms with Gasteiger partial charge in [0.05, 0.1) is 23.8 Å². The van der Waals surface area contributed by atoms with E-state index in [0.29, 0.717) is 12.1 Å². The van der Waals surface area contributed by atoms with Crippen molar-refractivity contribution in [1.82, 2.24) is 5.32 Å². The fourth-order valence-corrected chi connectivity index (χ4v) is 1.80. The summed E-state index contributed by atoms with van der Waals surface area (Å²) in [6.07, 6.45) is 0.313. The third-order valence-corrected chi connectivity index (χ3v) is 2.71. The smallest absolute Gasteiger partial charge is 0.273 e. The summed E-state index contributed by atoms with van der Waals surface area (Å²) < 4.78 is 5.05. The van der Waals surface area contributed by atoms with Crippen molar-refractivity contribution in [2.45, 2.75) is 26.3 Å². The van der Waals surface area contributed by atoms with E-state index in [-0.39, 0.29) is 23.4 Å². The SMILES string of the molecule is CCNC(C)CC(=O)Nc1ccc([N+](=O)[O-])cc1OC. The van der Waals surface area contributed by atoms with E-state index in [1.165, 1.54) is 25.3 Å². The number of methoxy groups -OCH3 is 1. The molecule has 0 heterocycles. The van der Waals surface area contributed by atoms with Crippen molar-refractivity contribution < 1.29 is 14.5 Å². The minimum atomic E-state index is -0.513. The van der Waals surface area contributed by atoms with Crippen LogP contribution in [0, 0.1) is 10.1 Å². The van der Waals surface area contributed by atoms with Gasteiger partial charge in [0.15, 0.2) is 0 Å². The molecule has 7 nitrogen and oxygen atoms in total. The van der Waals surface area contributed by atoms with Gasteiger partial charge in [-0.2, -0.15) is 0 Å². The van der Waals surface area contributed by atoms with E-state index in [0.717, 1.165) is 6.54 Å². The maximum Gasteiger partial charge on any atom is 0.273 e. The molecule has 0 aliphatic carbocycles. The normalized spacial score (nSPS) is 11.8. The maximum atomic E-state index is 11.8. The average molecular weight is 281 g/mol. The molecule has 0 saturated carbocycles. The highest BCUT2D eigenvalue weighted by Crippen LogP contribution is 2.29. The molecule has 1 unspecified atom stereocenters. The van der Waals surface area contributed by atoms with E-state index in [1.54, 1.807) is 0 Å². The predicted molar refractivity (Wildman–Crippen MR) is 76.0 cm³/mol. The van der Waals surface area contributed by atoms with E-state index in [2.05, 4.69) is 10.6 Å². The summed E-state index contributed by atoms with van der Waals surface area (Å²) in [5.41, 5.74) is 0.340. The van der Waals surface area contributed by atoms with Crippen molar-refractivity contribution >= 4 is 17.3 Å². The molecule has 1 atom stereocenters. The molecule has 7 heteroatoms. The minimum Gasteiger partial charge on any atom is -0.494 e. The molecule has 20 heavy (non-hydrogen) atoms. The summed E-state index contributed by atoms with van der Waals surface area (Å²) in [7, 11) is 1.40. The van der Waals surface area contributed by atoms with Crippen LogP contribution in [0.4, 0.5) is 11.4 Å². The van der Waals surface area contributed by atoms with Gasteiger partial charge in [0, 0.05) is 18.5 Å². The molecule has 0 aliphatic heterocycles. The first-order valence-electron chi connectivity index (χ1n) is 6.33. The molecule has 1 rings (SSSR count). The standard InChI is InChI=1S/C13H19N3O4/c1-4-14-9(2)7-13(17)15-11-6-5-10(16(18)19)8-12(11)20-3/h5-6,8-9,14H,4,7H2,1-3H3,(H,15,17). The number of non-ortho nitro benzene ring substituents is 1. The first-order chi connectivity index (χ1) is 9.47. The molecule has 110 valence electrons. The monoisotopic (exact) mass is 281 g/mol. The lowest BCUT2D eigenvalue weighted by Gasteiger charge is -2.13. The number of amides is 1. The Kier molecular flexibility index (Phi) is 5.92. The van der Waals surface area contributed by atoms with E-state index in [4.69, 9.17) is 4.74 Å². The number of benzene rings is 1. The fraction of sp³-hybridized carbons (Fsp3) is 0.462. The van der Waals surface area contributed by atoms with Crippen LogP contribution in [-0.4, -0.2) is 30.5 Å². The number of nitrogens with one attached hydrogen (secondary N) is 2. The molecular weight excluding hydrogens is 262 g/mol. The topological polar surface area (TPSA) is 93.5 Å². The third-order valence-electron chi connectivity index (χ3n) is 2.71. The number of nitrogens with zero attached hydrogens (tertiary/aromatic N) is 1. The Hall–Kier alpha value is -2.15. The summed E-state index contributed by atoms with van der Waals surface area (Å²) in [6, 6.07) is 4.13. The van der Waals surface area contributed by atoms with Crippen LogP contribution in [0.2, 0.25) is 0 Å². The highest BCUT2D eigenvalue weighted by Gasteiger charge is 2.14. The molecule has 1 aromatic carbocycles. The Labute approximate surface area is 117 Å². The van der Waals surface area contributed by atoms with Gasteiger partial charge in [0.1, 0.15) is 5.75 Å². The highest BCUT2D eigenvalue weighted by atomic mass is 16.6. The lowest BCUT2D eigenvalue weighted by atomic mass is 10.2. The van der Waals surface area contributed by atoms with Gasteiger partial charge in [-0.1, -0.05) is 6.92 Å². The zero-order chi connectivity index (χ0) is 15.1. The lowest BCUT2D eigenvalue weighted by Crippen LogP contribution is -2.30. The van der Waals surface area contributed by atoms with Gasteiger partial charge in [-0.25, -0.2) is 0 Å². The van der Waals surface area contributed by atoms with E-state index in [9.17, 15) is 14.9 Å². The molecule has 1 amide bonds. The number of anilines is 1. The van der Waals surface area contributed by atoms with Crippen LogP contribution < -0.4 is 15.4 Å². The van der Waals surface area contributed by atoms with Crippen molar-refractivity contribution in [3.8, 4) is 5.75 Å². The number of hydrogen-bond acceptors (Lipinski definition) is 5. The molecular formula is C13H19N3O4. The summed E-state index contributed by atoms with van der Waals surface area (Å²) in [5.74, 6) is 0.0919. The molecule has 0 radical (unpaired) electrons. The first kappa shape index (κ1) is 15.9. The van der Waals surface area contributed by atoms with Crippen LogP contribution in [-0.2, 0) is 4.79 Å². The van der Waals surface area contributed by atoms with Crippen LogP contribution in [0.3, 0.4) is 0 Å². The van der Waals surface area contributed by atoms with Gasteiger partial charge >= 0.3 is 0 Å². The van der Waals surface area contributed by atoms with E-state index < -0.39 is 4.92 Å². The van der Waals surface area contributed by atoms with Crippen LogP contribution >= 0.6 is 0 Å². The Balaban J connectivity index is 2.76. The molecule has 0 saturated heterocycles. The van der Waals surface area contributed by atoms with Gasteiger partial charge < -0.3 is 15.4 Å². The van der Waals surface area contributed by atoms with Gasteiger partial charge in [-0.15, -0.1) is 0 Å². The van der Waals surface area contributed by atoms with Crippen LogP contribution in [0.15, 0.2) is 18.2 Å². The first-order valence-corrected chi connectivity index (χ1v) is 6.33. The van der Waals surface area contributed by atoms with Crippen molar-refractivity contribution in [2.75, 3.05) is 19.0 Å². The van der Waals surface area contributed by atoms with Crippen molar-refractivity contribution in [3.63, 3.8) is 0 Å². The molecule has 1 aromatic rings. The molecule has 2 N–H and O–H groups in total. The van der Waals surface area contributed by atoms with Gasteiger partial charge in [0.25, 0.3) is 5.69 Å². The molecule has 0 spiro atoms. The number of nitro benzene ring substituents is 1. The van der Waals surface area contributed by atoms with Gasteiger partial charge in [-0.05, 0) is 19.5 Å². The predicted octanol–water partition coefficient (Wildman–Crippen LogP) is 1.93. The summed E-state index contributed by atoms with van der Waals surface area (Å²) in [6.45, 7) is 4.67. The quantitative estimate of drug-likeness (QED) is 0.588. The van der Waals surface area contributed by atoms with E-state index in [1.807, 2.05) is 13.8 Å². The zero-order valence-corrected chi connectivity index (χ0v) is 11.8. The zero-order valence-electron chi connectivity index (χ0n) is 11.8. The number of rotatable bonds is 7. The Morgan fingerprint density at radius 1 is 1.50 bits per heavy atom. The summed E-state index contributed by atoms with van der Waals surface area (Å²) in [5, 5.41) is 16.5. The second-order valence-electron chi connectivity index (χ2n) is 4.35.